The quantitative estimate of drug-likeness (QED) is 0.525. The Kier molecular flexibility index (Phi) is 8.40. The molecular weight excluding hydrogens is 293 g/mol. The van der Waals surface area contributed by atoms with Crippen molar-refractivity contribution in [3.63, 3.8) is 0 Å². The number of halogens is 2. The molecule has 0 aliphatic heterocycles. The van der Waals surface area contributed by atoms with E-state index in [1.165, 1.54) is 25.3 Å². The highest BCUT2D eigenvalue weighted by atomic mass is 35.5. The largest absolute Gasteiger partial charge is 0.353 e. The third-order valence-electron chi connectivity index (χ3n) is 2.98. The Hall–Kier alpha value is -0.990. The fraction of sp³-hybridized carbons (Fsp3) is 0.438. The monoisotopic (exact) mass is 313 g/mol. The van der Waals surface area contributed by atoms with Crippen LogP contribution in [0.25, 0.3) is 6.08 Å². The molecular formula is C16H21Cl2NO. The van der Waals surface area contributed by atoms with Crippen LogP contribution in [0.2, 0.25) is 10.0 Å². The first-order valence-electron chi connectivity index (χ1n) is 7.05. The van der Waals surface area contributed by atoms with Crippen LogP contribution in [0.15, 0.2) is 24.3 Å². The maximum absolute atomic E-state index is 11.6. The van der Waals surface area contributed by atoms with Crippen LogP contribution in [0.1, 0.15) is 44.6 Å². The Balaban J connectivity index is 2.33. The van der Waals surface area contributed by atoms with Gasteiger partial charge in [-0.05, 0) is 24.6 Å². The van der Waals surface area contributed by atoms with Crippen LogP contribution in [-0.2, 0) is 4.79 Å². The molecule has 0 aromatic heterocycles. The third kappa shape index (κ3) is 6.44. The molecule has 0 saturated heterocycles. The lowest BCUT2D eigenvalue weighted by atomic mass is 10.1. The normalized spacial score (nSPS) is 10.9. The molecule has 1 amide bonds. The molecule has 0 aliphatic rings. The Morgan fingerprint density at radius 1 is 1.15 bits per heavy atom. The van der Waals surface area contributed by atoms with Crippen molar-refractivity contribution >= 4 is 35.2 Å². The van der Waals surface area contributed by atoms with Gasteiger partial charge in [0.2, 0.25) is 5.91 Å². The second-order valence-electron chi connectivity index (χ2n) is 4.67. The van der Waals surface area contributed by atoms with Gasteiger partial charge in [0.15, 0.2) is 0 Å². The van der Waals surface area contributed by atoms with E-state index in [4.69, 9.17) is 23.2 Å². The van der Waals surface area contributed by atoms with Gasteiger partial charge in [-0.3, -0.25) is 4.79 Å². The summed E-state index contributed by atoms with van der Waals surface area (Å²) in [5.41, 5.74) is 0.675. The van der Waals surface area contributed by atoms with Gasteiger partial charge in [0.05, 0.1) is 0 Å². The van der Waals surface area contributed by atoms with Crippen molar-refractivity contribution in [2.45, 2.75) is 39.0 Å². The summed E-state index contributed by atoms with van der Waals surface area (Å²) >= 11 is 12.0. The number of benzene rings is 1. The molecule has 0 radical (unpaired) electrons. The highest BCUT2D eigenvalue weighted by Crippen LogP contribution is 2.25. The van der Waals surface area contributed by atoms with Gasteiger partial charge in [-0.25, -0.2) is 0 Å². The molecule has 4 heteroatoms. The minimum Gasteiger partial charge on any atom is -0.353 e. The minimum absolute atomic E-state index is 0.114. The SMILES string of the molecule is CCCCCCCNC(=O)/C=C/c1c(Cl)cccc1Cl. The van der Waals surface area contributed by atoms with Crippen molar-refractivity contribution in [3.8, 4) is 0 Å². The second kappa shape index (κ2) is 9.84. The summed E-state index contributed by atoms with van der Waals surface area (Å²) in [5.74, 6) is -0.114. The van der Waals surface area contributed by atoms with Gasteiger partial charge in [-0.2, -0.15) is 0 Å². The summed E-state index contributed by atoms with van der Waals surface area (Å²) in [4.78, 5) is 11.6. The lowest BCUT2D eigenvalue weighted by Crippen LogP contribution is -2.21. The van der Waals surface area contributed by atoms with Crippen LogP contribution in [-0.4, -0.2) is 12.5 Å². The lowest BCUT2D eigenvalue weighted by molar-refractivity contribution is -0.116. The number of carbonyl (C=O) groups is 1. The molecule has 1 rings (SSSR count). The van der Waals surface area contributed by atoms with Crippen LogP contribution < -0.4 is 5.32 Å². The Morgan fingerprint density at radius 2 is 1.80 bits per heavy atom. The van der Waals surface area contributed by atoms with Crippen molar-refractivity contribution in [1.82, 2.24) is 5.32 Å². The topological polar surface area (TPSA) is 29.1 Å². The number of hydrogen-bond acceptors (Lipinski definition) is 1. The van der Waals surface area contributed by atoms with Crippen molar-refractivity contribution in [2.75, 3.05) is 6.54 Å². The second-order valence-corrected chi connectivity index (χ2v) is 5.49. The standard InChI is InChI=1S/C16H21Cl2NO/c1-2-3-4-5-6-12-19-16(20)11-10-13-14(17)8-7-9-15(13)18/h7-11H,2-6,12H2,1H3,(H,19,20)/b11-10+. The van der Waals surface area contributed by atoms with Crippen molar-refractivity contribution < 1.29 is 4.79 Å². The summed E-state index contributed by atoms with van der Waals surface area (Å²) in [5, 5.41) is 3.94. The summed E-state index contributed by atoms with van der Waals surface area (Å²) in [6.45, 7) is 2.90. The van der Waals surface area contributed by atoms with Gasteiger partial charge < -0.3 is 5.32 Å². The Bertz CT molecular complexity index is 438. The third-order valence-corrected chi connectivity index (χ3v) is 3.64. The minimum atomic E-state index is -0.114. The molecule has 1 aromatic carbocycles. The number of hydrogen-bond donors (Lipinski definition) is 1. The number of unbranched alkanes of at least 4 members (excludes halogenated alkanes) is 4. The van der Waals surface area contributed by atoms with Crippen LogP contribution in [0.3, 0.4) is 0 Å². The summed E-state index contributed by atoms with van der Waals surface area (Å²) in [6, 6.07) is 5.27. The average molecular weight is 314 g/mol. The van der Waals surface area contributed by atoms with Crippen molar-refractivity contribution in [3.05, 3.63) is 39.9 Å². The van der Waals surface area contributed by atoms with E-state index in [0.717, 1.165) is 12.8 Å². The molecule has 0 saturated carbocycles. The molecule has 0 heterocycles. The van der Waals surface area contributed by atoms with E-state index in [0.29, 0.717) is 22.2 Å². The zero-order valence-electron chi connectivity index (χ0n) is 11.8. The van der Waals surface area contributed by atoms with E-state index in [1.807, 2.05) is 0 Å². The van der Waals surface area contributed by atoms with E-state index >= 15 is 0 Å². The van der Waals surface area contributed by atoms with Gasteiger partial charge in [0, 0.05) is 28.2 Å². The molecule has 2 nitrogen and oxygen atoms in total. The van der Waals surface area contributed by atoms with Gasteiger partial charge in [0.25, 0.3) is 0 Å². The predicted molar refractivity (Wildman–Crippen MR) is 87.3 cm³/mol. The predicted octanol–water partition coefficient (Wildman–Crippen LogP) is 5.09. The molecule has 1 N–H and O–H groups in total. The Labute approximate surface area is 131 Å². The highest BCUT2D eigenvalue weighted by molar-refractivity contribution is 6.37. The van der Waals surface area contributed by atoms with Gasteiger partial charge in [-0.15, -0.1) is 0 Å². The van der Waals surface area contributed by atoms with Gasteiger partial charge >= 0.3 is 0 Å². The van der Waals surface area contributed by atoms with E-state index in [-0.39, 0.29) is 5.91 Å². The fourth-order valence-electron chi connectivity index (χ4n) is 1.83. The molecule has 0 bridgehead atoms. The smallest absolute Gasteiger partial charge is 0.244 e. The van der Waals surface area contributed by atoms with Crippen molar-refractivity contribution in [2.24, 2.45) is 0 Å². The van der Waals surface area contributed by atoms with E-state index < -0.39 is 0 Å². The van der Waals surface area contributed by atoms with Crippen molar-refractivity contribution in [1.29, 1.82) is 0 Å². The lowest BCUT2D eigenvalue weighted by Gasteiger charge is -2.03. The van der Waals surface area contributed by atoms with Crippen LogP contribution >= 0.6 is 23.2 Å². The van der Waals surface area contributed by atoms with E-state index in [2.05, 4.69) is 12.2 Å². The van der Waals surface area contributed by atoms with Crippen LogP contribution in [0, 0.1) is 0 Å². The zero-order chi connectivity index (χ0) is 14.8. The molecule has 0 spiro atoms. The van der Waals surface area contributed by atoms with Crippen LogP contribution in [0.5, 0.6) is 0 Å². The fourth-order valence-corrected chi connectivity index (χ4v) is 2.35. The number of carbonyl (C=O) groups excluding carboxylic acids is 1. The first kappa shape index (κ1) is 17.1. The first-order chi connectivity index (χ1) is 9.65. The number of rotatable bonds is 8. The molecule has 0 aliphatic carbocycles. The molecule has 0 atom stereocenters. The molecule has 1 aromatic rings. The van der Waals surface area contributed by atoms with Gasteiger partial charge in [0.1, 0.15) is 0 Å². The van der Waals surface area contributed by atoms with Crippen LogP contribution in [0.4, 0.5) is 0 Å². The summed E-state index contributed by atoms with van der Waals surface area (Å²) < 4.78 is 0. The summed E-state index contributed by atoms with van der Waals surface area (Å²) in [6.07, 6.45) is 9.03. The van der Waals surface area contributed by atoms with E-state index in [1.54, 1.807) is 24.3 Å². The zero-order valence-corrected chi connectivity index (χ0v) is 13.3. The highest BCUT2D eigenvalue weighted by Gasteiger charge is 2.02. The molecule has 0 fully saturated rings. The van der Waals surface area contributed by atoms with Gasteiger partial charge in [-0.1, -0.05) is 61.9 Å². The Morgan fingerprint density at radius 3 is 2.45 bits per heavy atom. The molecule has 20 heavy (non-hydrogen) atoms. The maximum Gasteiger partial charge on any atom is 0.244 e. The van der Waals surface area contributed by atoms with E-state index in [9.17, 15) is 4.79 Å². The average Bonchev–Trinajstić information content (AvgIpc) is 2.42. The number of amides is 1. The molecule has 110 valence electrons. The number of nitrogens with one attached hydrogen (secondary N) is 1. The first-order valence-corrected chi connectivity index (χ1v) is 7.80. The maximum atomic E-state index is 11.6. The molecule has 0 unspecified atom stereocenters. The summed E-state index contributed by atoms with van der Waals surface area (Å²) in [7, 11) is 0.